The van der Waals surface area contributed by atoms with Gasteiger partial charge in [0, 0.05) is 16.2 Å². The van der Waals surface area contributed by atoms with E-state index in [0.717, 1.165) is 29.4 Å². The molecule has 21 heavy (non-hydrogen) atoms. The lowest BCUT2D eigenvalue weighted by Gasteiger charge is -2.26. The molecule has 3 nitrogen and oxygen atoms in total. The third-order valence-corrected chi connectivity index (χ3v) is 4.39. The van der Waals surface area contributed by atoms with Crippen LogP contribution in [0.25, 0.3) is 0 Å². The predicted octanol–water partition coefficient (Wildman–Crippen LogP) is 4.12. The normalized spacial score (nSPS) is 17.1. The highest BCUT2D eigenvalue weighted by Crippen LogP contribution is 2.26. The van der Waals surface area contributed by atoms with Crippen molar-refractivity contribution >= 4 is 27.6 Å². The van der Waals surface area contributed by atoms with Crippen LogP contribution in [0.3, 0.4) is 0 Å². The molecule has 0 heterocycles. The van der Waals surface area contributed by atoms with Crippen LogP contribution in [0.2, 0.25) is 0 Å². The summed E-state index contributed by atoms with van der Waals surface area (Å²) in [5.41, 5.74) is 4.11. The summed E-state index contributed by atoms with van der Waals surface area (Å²) < 4.78 is 1.14. The second kappa shape index (κ2) is 5.90. The molecule has 1 unspecified atom stereocenters. The molecule has 1 atom stereocenters. The minimum absolute atomic E-state index is 0.319. The molecule has 108 valence electrons. The molecule has 4 heteroatoms. The number of aromatic carboxylic acids is 1. The van der Waals surface area contributed by atoms with E-state index in [2.05, 4.69) is 39.4 Å². The van der Waals surface area contributed by atoms with Crippen LogP contribution in [0.5, 0.6) is 0 Å². The summed E-state index contributed by atoms with van der Waals surface area (Å²) in [5.74, 6) is -0.890. The van der Waals surface area contributed by atoms with Crippen LogP contribution in [-0.4, -0.2) is 17.1 Å². The van der Waals surface area contributed by atoms with Crippen molar-refractivity contribution in [2.24, 2.45) is 0 Å². The highest BCUT2D eigenvalue weighted by atomic mass is 79.9. The number of aryl methyl sites for hydroxylation is 1. The molecule has 2 aromatic rings. The molecule has 0 aliphatic heterocycles. The maximum atomic E-state index is 10.8. The first-order valence-electron chi connectivity index (χ1n) is 6.99. The van der Waals surface area contributed by atoms with Gasteiger partial charge in [-0.05, 0) is 66.8 Å². The molecule has 0 fully saturated rings. The van der Waals surface area contributed by atoms with Crippen LogP contribution >= 0.6 is 15.9 Å². The summed E-state index contributed by atoms with van der Waals surface area (Å²) in [6, 6.07) is 13.8. The summed E-state index contributed by atoms with van der Waals surface area (Å²) in [6.45, 7) is 0. The standard InChI is InChI=1S/C17H16BrNO2/c18-14-5-1-13-10-16(8-4-12(13)9-14)19-15-6-2-11(3-7-15)17(20)21/h1-3,5-7,9,16,19H,4,8,10H2,(H,20,21). The topological polar surface area (TPSA) is 49.3 Å². The van der Waals surface area contributed by atoms with Gasteiger partial charge in [-0.25, -0.2) is 4.79 Å². The number of hydrogen-bond donors (Lipinski definition) is 2. The number of carboxylic acid groups (broad SMARTS) is 1. The Balaban J connectivity index is 1.69. The average Bonchev–Trinajstić information content (AvgIpc) is 2.48. The number of fused-ring (bicyclic) bond motifs is 1. The van der Waals surface area contributed by atoms with Gasteiger partial charge in [-0.3, -0.25) is 0 Å². The third kappa shape index (κ3) is 3.27. The summed E-state index contributed by atoms with van der Waals surface area (Å²) >= 11 is 3.51. The Morgan fingerprint density at radius 1 is 1.14 bits per heavy atom. The van der Waals surface area contributed by atoms with E-state index in [1.807, 2.05) is 12.1 Å². The Hall–Kier alpha value is -1.81. The van der Waals surface area contributed by atoms with E-state index in [1.165, 1.54) is 11.1 Å². The van der Waals surface area contributed by atoms with Crippen molar-refractivity contribution in [1.29, 1.82) is 0 Å². The zero-order chi connectivity index (χ0) is 14.8. The highest BCUT2D eigenvalue weighted by molar-refractivity contribution is 9.10. The first-order chi connectivity index (χ1) is 10.1. The largest absolute Gasteiger partial charge is 0.478 e. The average molecular weight is 346 g/mol. The van der Waals surface area contributed by atoms with Crippen LogP contribution in [0.1, 0.15) is 27.9 Å². The fourth-order valence-electron chi connectivity index (χ4n) is 2.79. The van der Waals surface area contributed by atoms with Crippen molar-refractivity contribution in [1.82, 2.24) is 0 Å². The minimum Gasteiger partial charge on any atom is -0.478 e. The van der Waals surface area contributed by atoms with Crippen LogP contribution in [0.4, 0.5) is 5.69 Å². The number of hydrogen-bond acceptors (Lipinski definition) is 2. The number of carbonyl (C=O) groups is 1. The molecular formula is C17H16BrNO2. The van der Waals surface area contributed by atoms with Crippen molar-refractivity contribution in [3.63, 3.8) is 0 Å². The number of carboxylic acids is 1. The lowest BCUT2D eigenvalue weighted by Crippen LogP contribution is -2.27. The monoisotopic (exact) mass is 345 g/mol. The van der Waals surface area contributed by atoms with Crippen LogP contribution in [0.15, 0.2) is 46.9 Å². The van der Waals surface area contributed by atoms with E-state index in [0.29, 0.717) is 11.6 Å². The van der Waals surface area contributed by atoms with E-state index in [4.69, 9.17) is 5.11 Å². The molecule has 1 aliphatic carbocycles. The molecule has 1 aliphatic rings. The second-order valence-corrected chi connectivity index (χ2v) is 6.30. The van der Waals surface area contributed by atoms with Gasteiger partial charge in [0.2, 0.25) is 0 Å². The number of benzene rings is 2. The van der Waals surface area contributed by atoms with Gasteiger partial charge in [-0.2, -0.15) is 0 Å². The lowest BCUT2D eigenvalue weighted by molar-refractivity contribution is 0.0697. The van der Waals surface area contributed by atoms with E-state index < -0.39 is 5.97 Å². The molecule has 2 aromatic carbocycles. The van der Waals surface area contributed by atoms with Crippen molar-refractivity contribution in [3.8, 4) is 0 Å². The van der Waals surface area contributed by atoms with Gasteiger partial charge in [0.05, 0.1) is 5.56 Å². The minimum atomic E-state index is -0.890. The van der Waals surface area contributed by atoms with Crippen molar-refractivity contribution in [2.75, 3.05) is 5.32 Å². The molecular weight excluding hydrogens is 330 g/mol. The van der Waals surface area contributed by atoms with Gasteiger partial charge in [0.25, 0.3) is 0 Å². The molecule has 0 saturated heterocycles. The summed E-state index contributed by atoms with van der Waals surface area (Å²) in [4.78, 5) is 10.8. The Labute approximate surface area is 132 Å². The fraction of sp³-hybridized carbons (Fsp3) is 0.235. The maximum absolute atomic E-state index is 10.8. The van der Waals surface area contributed by atoms with Gasteiger partial charge in [-0.15, -0.1) is 0 Å². The van der Waals surface area contributed by atoms with Gasteiger partial charge >= 0.3 is 5.97 Å². The van der Waals surface area contributed by atoms with Gasteiger partial charge in [0.15, 0.2) is 0 Å². The second-order valence-electron chi connectivity index (χ2n) is 5.38. The number of anilines is 1. The van der Waals surface area contributed by atoms with Crippen molar-refractivity contribution in [3.05, 3.63) is 63.6 Å². The maximum Gasteiger partial charge on any atom is 0.335 e. The Kier molecular flexibility index (Phi) is 3.97. The van der Waals surface area contributed by atoms with E-state index in [1.54, 1.807) is 12.1 Å². The van der Waals surface area contributed by atoms with Crippen LogP contribution in [0, 0.1) is 0 Å². The Morgan fingerprint density at radius 2 is 1.90 bits per heavy atom. The zero-order valence-corrected chi connectivity index (χ0v) is 13.1. The SMILES string of the molecule is O=C(O)c1ccc(NC2CCc3cc(Br)ccc3C2)cc1. The summed E-state index contributed by atoms with van der Waals surface area (Å²) in [5, 5.41) is 12.4. The smallest absolute Gasteiger partial charge is 0.335 e. The van der Waals surface area contributed by atoms with Gasteiger partial charge in [-0.1, -0.05) is 22.0 Å². The molecule has 0 amide bonds. The van der Waals surface area contributed by atoms with Gasteiger partial charge in [0.1, 0.15) is 0 Å². The number of nitrogens with one attached hydrogen (secondary N) is 1. The zero-order valence-electron chi connectivity index (χ0n) is 11.5. The number of rotatable bonds is 3. The molecule has 0 bridgehead atoms. The van der Waals surface area contributed by atoms with E-state index >= 15 is 0 Å². The first kappa shape index (κ1) is 14.1. The fourth-order valence-corrected chi connectivity index (χ4v) is 3.20. The summed E-state index contributed by atoms with van der Waals surface area (Å²) in [7, 11) is 0. The van der Waals surface area contributed by atoms with Crippen molar-refractivity contribution in [2.45, 2.75) is 25.3 Å². The third-order valence-electron chi connectivity index (χ3n) is 3.90. The number of halogens is 1. The van der Waals surface area contributed by atoms with Crippen molar-refractivity contribution < 1.29 is 9.90 Å². The lowest BCUT2D eigenvalue weighted by atomic mass is 9.88. The Morgan fingerprint density at radius 3 is 2.62 bits per heavy atom. The molecule has 0 spiro atoms. The highest BCUT2D eigenvalue weighted by Gasteiger charge is 2.18. The molecule has 0 radical (unpaired) electrons. The van der Waals surface area contributed by atoms with E-state index in [9.17, 15) is 4.79 Å². The molecule has 2 N–H and O–H groups in total. The van der Waals surface area contributed by atoms with Crippen LogP contribution in [-0.2, 0) is 12.8 Å². The van der Waals surface area contributed by atoms with Crippen LogP contribution < -0.4 is 5.32 Å². The predicted molar refractivity (Wildman–Crippen MR) is 87.0 cm³/mol. The van der Waals surface area contributed by atoms with E-state index in [-0.39, 0.29) is 0 Å². The Bertz CT molecular complexity index is 667. The summed E-state index contributed by atoms with van der Waals surface area (Å²) in [6.07, 6.45) is 3.16. The molecule has 0 aromatic heterocycles. The first-order valence-corrected chi connectivity index (χ1v) is 7.78. The quantitative estimate of drug-likeness (QED) is 0.879. The molecule has 3 rings (SSSR count). The van der Waals surface area contributed by atoms with Gasteiger partial charge < -0.3 is 10.4 Å². The molecule has 0 saturated carbocycles.